The lowest BCUT2D eigenvalue weighted by Gasteiger charge is -2.12. The van der Waals surface area contributed by atoms with Crippen LogP contribution in [0.1, 0.15) is 5.69 Å². The van der Waals surface area contributed by atoms with Gasteiger partial charge in [-0.25, -0.2) is 9.55 Å². The molecule has 2 aromatic carbocycles. The molecule has 142 valence electrons. The molecule has 1 aliphatic heterocycles. The first-order valence-electron chi connectivity index (χ1n) is 9.53. The lowest BCUT2D eigenvalue weighted by atomic mass is 10.2. The van der Waals surface area contributed by atoms with E-state index in [-0.39, 0.29) is 0 Å². The number of hydrogen-bond acceptors (Lipinski definition) is 3. The zero-order chi connectivity index (χ0) is 19.8. The summed E-state index contributed by atoms with van der Waals surface area (Å²) in [6.45, 7) is 0. The topological polar surface area (TPSA) is 35.8 Å². The Kier molecular flexibility index (Phi) is 4.45. The second kappa shape index (κ2) is 7.26. The number of hydrogen-bond donors (Lipinski definition) is 1. The van der Waals surface area contributed by atoms with Crippen molar-refractivity contribution < 1.29 is 4.57 Å². The molecule has 0 atom stereocenters. The van der Waals surface area contributed by atoms with Crippen LogP contribution in [0.25, 0.3) is 28.5 Å². The zero-order valence-corrected chi connectivity index (χ0v) is 17.1. The zero-order valence-electron chi connectivity index (χ0n) is 16.3. The maximum atomic E-state index is 4.72. The molecule has 0 bridgehead atoms. The highest BCUT2D eigenvalue weighted by atomic mass is 32.2. The first-order chi connectivity index (χ1) is 14.2. The Balaban J connectivity index is 1.42. The Morgan fingerprint density at radius 3 is 2.76 bits per heavy atom. The van der Waals surface area contributed by atoms with Crippen molar-refractivity contribution in [3.8, 4) is 11.4 Å². The van der Waals surface area contributed by atoms with E-state index in [0.717, 1.165) is 28.1 Å². The summed E-state index contributed by atoms with van der Waals surface area (Å²) in [5, 5.41) is 1.22. The molecule has 29 heavy (non-hydrogen) atoms. The minimum Gasteiger partial charge on any atom is -0.338 e. The summed E-state index contributed by atoms with van der Waals surface area (Å²) in [6, 6.07) is 20.8. The molecule has 1 N–H and O–H groups in total. The van der Waals surface area contributed by atoms with Crippen molar-refractivity contribution in [1.82, 2.24) is 9.97 Å². The van der Waals surface area contributed by atoms with Crippen LogP contribution < -0.4 is 9.47 Å². The van der Waals surface area contributed by atoms with Crippen molar-refractivity contribution in [1.29, 1.82) is 0 Å². The number of benzene rings is 2. The number of H-pyrrole nitrogens is 1. The van der Waals surface area contributed by atoms with E-state index in [2.05, 4.69) is 95.4 Å². The van der Waals surface area contributed by atoms with Crippen LogP contribution in [0.3, 0.4) is 0 Å². The van der Waals surface area contributed by atoms with Gasteiger partial charge in [-0.05, 0) is 30.3 Å². The van der Waals surface area contributed by atoms with Crippen LogP contribution in [0.2, 0.25) is 0 Å². The third-order valence-electron chi connectivity index (χ3n) is 5.13. The number of anilines is 1. The third-order valence-corrected chi connectivity index (χ3v) is 6.31. The van der Waals surface area contributed by atoms with E-state index in [9.17, 15) is 0 Å². The lowest BCUT2D eigenvalue weighted by Crippen LogP contribution is -2.30. The fourth-order valence-corrected chi connectivity index (χ4v) is 4.55. The molecule has 0 spiro atoms. The van der Waals surface area contributed by atoms with E-state index in [0.29, 0.717) is 0 Å². The van der Waals surface area contributed by atoms with Gasteiger partial charge < -0.3 is 9.88 Å². The standard InChI is InChI=1S/C24H20N4S/c1-27-15-14-17(24-25-19-9-3-4-10-20(19)26-24)16-18(27)8-7-13-23-28(2)21-11-5-6-12-22(21)29-23/h3-16H,1-2H3/p+1/b8-7+,23-13-. The summed E-state index contributed by atoms with van der Waals surface area (Å²) in [5.41, 5.74) is 5.49. The molecule has 4 aromatic rings. The Bertz CT molecular complexity index is 1240. The molecule has 1 aliphatic rings. The van der Waals surface area contributed by atoms with Crippen LogP contribution in [0.4, 0.5) is 5.69 Å². The highest BCUT2D eigenvalue weighted by Crippen LogP contribution is 2.44. The summed E-state index contributed by atoms with van der Waals surface area (Å²) in [6.07, 6.45) is 8.49. The van der Waals surface area contributed by atoms with Crippen LogP contribution >= 0.6 is 11.8 Å². The monoisotopic (exact) mass is 397 g/mol. The minimum absolute atomic E-state index is 0.890. The van der Waals surface area contributed by atoms with Crippen LogP contribution in [0.5, 0.6) is 0 Å². The number of para-hydroxylation sites is 3. The van der Waals surface area contributed by atoms with Gasteiger partial charge in [0.15, 0.2) is 6.20 Å². The second-order valence-electron chi connectivity index (χ2n) is 7.05. The fourth-order valence-electron chi connectivity index (χ4n) is 3.49. The van der Waals surface area contributed by atoms with E-state index >= 15 is 0 Å². The Hall–Kier alpha value is -3.31. The van der Waals surface area contributed by atoms with Crippen LogP contribution in [0.15, 0.2) is 88.9 Å². The smallest absolute Gasteiger partial charge is 0.205 e. The number of pyridine rings is 1. The van der Waals surface area contributed by atoms with Crippen LogP contribution in [-0.2, 0) is 7.05 Å². The fraction of sp³-hybridized carbons (Fsp3) is 0.0833. The number of thioether (sulfide) groups is 1. The average molecular weight is 398 g/mol. The summed E-state index contributed by atoms with van der Waals surface area (Å²) in [5.74, 6) is 0.890. The molecule has 5 rings (SSSR count). The Morgan fingerprint density at radius 1 is 1.07 bits per heavy atom. The van der Waals surface area contributed by atoms with E-state index in [4.69, 9.17) is 4.98 Å². The predicted molar refractivity (Wildman–Crippen MR) is 121 cm³/mol. The van der Waals surface area contributed by atoms with Crippen molar-refractivity contribution in [3.05, 3.63) is 89.7 Å². The number of allylic oxidation sites excluding steroid dienone is 2. The molecule has 0 amide bonds. The van der Waals surface area contributed by atoms with Crippen molar-refractivity contribution >= 4 is 34.6 Å². The first kappa shape index (κ1) is 17.8. The number of fused-ring (bicyclic) bond motifs is 2. The molecular weight excluding hydrogens is 376 g/mol. The van der Waals surface area contributed by atoms with Crippen LogP contribution in [0, 0.1) is 0 Å². The summed E-state index contributed by atoms with van der Waals surface area (Å²) >= 11 is 1.80. The number of nitrogens with one attached hydrogen (secondary N) is 1. The summed E-state index contributed by atoms with van der Waals surface area (Å²) in [7, 11) is 4.17. The molecule has 0 aliphatic carbocycles. The molecule has 0 saturated heterocycles. The number of nitrogens with zero attached hydrogens (tertiary/aromatic N) is 3. The van der Waals surface area contributed by atoms with Gasteiger partial charge in [-0.1, -0.05) is 42.1 Å². The van der Waals surface area contributed by atoms with Gasteiger partial charge >= 0.3 is 0 Å². The molecule has 0 radical (unpaired) electrons. The van der Waals surface area contributed by atoms with Gasteiger partial charge in [0.25, 0.3) is 0 Å². The van der Waals surface area contributed by atoms with Crippen LogP contribution in [-0.4, -0.2) is 17.0 Å². The highest BCUT2D eigenvalue weighted by molar-refractivity contribution is 8.03. The van der Waals surface area contributed by atoms with Gasteiger partial charge in [0.05, 0.1) is 21.7 Å². The molecule has 5 heteroatoms. The van der Waals surface area contributed by atoms with E-state index < -0.39 is 0 Å². The molecule has 2 aromatic heterocycles. The van der Waals surface area contributed by atoms with Gasteiger partial charge in [0, 0.05) is 35.7 Å². The first-order valence-corrected chi connectivity index (χ1v) is 10.3. The van der Waals surface area contributed by atoms with Gasteiger partial charge in [-0.2, -0.15) is 0 Å². The maximum absolute atomic E-state index is 4.72. The third kappa shape index (κ3) is 3.34. The molecule has 0 saturated carbocycles. The molecule has 0 fully saturated rings. The Labute approximate surface area is 174 Å². The van der Waals surface area contributed by atoms with Crippen molar-refractivity contribution in [2.45, 2.75) is 4.90 Å². The van der Waals surface area contributed by atoms with E-state index in [1.807, 2.05) is 18.2 Å². The Morgan fingerprint density at radius 2 is 1.90 bits per heavy atom. The van der Waals surface area contributed by atoms with Gasteiger partial charge in [0.2, 0.25) is 5.69 Å². The number of aromatic nitrogens is 3. The van der Waals surface area contributed by atoms with Gasteiger partial charge in [0.1, 0.15) is 12.9 Å². The predicted octanol–water partition coefficient (Wildman–Crippen LogP) is 5.15. The average Bonchev–Trinajstić information content (AvgIpc) is 3.31. The number of aryl methyl sites for hydroxylation is 1. The second-order valence-corrected chi connectivity index (χ2v) is 8.11. The van der Waals surface area contributed by atoms with Gasteiger partial charge in [-0.15, -0.1) is 0 Å². The number of rotatable bonds is 3. The van der Waals surface area contributed by atoms with Crippen molar-refractivity contribution in [2.24, 2.45) is 7.05 Å². The SMILES string of the molecule is CN1/C(=C/C=C/c2cc(-c3nc4ccccc4[nH]3)cc[n+]2C)Sc2ccccc21. The largest absolute Gasteiger partial charge is 0.338 e. The lowest BCUT2D eigenvalue weighted by molar-refractivity contribution is -0.673. The number of aromatic amines is 1. The van der Waals surface area contributed by atoms with Crippen molar-refractivity contribution in [3.63, 3.8) is 0 Å². The van der Waals surface area contributed by atoms with E-state index in [1.165, 1.54) is 15.6 Å². The van der Waals surface area contributed by atoms with E-state index in [1.54, 1.807) is 11.8 Å². The minimum atomic E-state index is 0.890. The molecule has 0 unspecified atom stereocenters. The summed E-state index contributed by atoms with van der Waals surface area (Å²) < 4.78 is 2.11. The molecule has 3 heterocycles. The molecular formula is C24H21N4S+. The molecule has 4 nitrogen and oxygen atoms in total. The maximum Gasteiger partial charge on any atom is 0.205 e. The van der Waals surface area contributed by atoms with Gasteiger partial charge in [-0.3, -0.25) is 0 Å². The quantitative estimate of drug-likeness (QED) is 0.486. The number of imidazole rings is 1. The summed E-state index contributed by atoms with van der Waals surface area (Å²) in [4.78, 5) is 11.7. The normalized spacial score (nSPS) is 15.0. The highest BCUT2D eigenvalue weighted by Gasteiger charge is 2.20. The van der Waals surface area contributed by atoms with Crippen molar-refractivity contribution in [2.75, 3.05) is 11.9 Å².